The molecule has 0 aliphatic carbocycles. The van der Waals surface area contributed by atoms with Gasteiger partial charge >= 0.3 is 0 Å². The summed E-state index contributed by atoms with van der Waals surface area (Å²) in [6.45, 7) is 2.79. The maximum atomic E-state index is 14.4. The van der Waals surface area contributed by atoms with Crippen molar-refractivity contribution in [2.45, 2.75) is 19.1 Å². The number of rotatable bonds is 7. The molecule has 0 aromatic carbocycles. The number of aromatic amines is 1. The van der Waals surface area contributed by atoms with Crippen molar-refractivity contribution >= 4 is 28.5 Å². The predicted octanol–water partition coefficient (Wildman–Crippen LogP) is 2.82. The highest BCUT2D eigenvalue weighted by Crippen LogP contribution is 2.28. The van der Waals surface area contributed by atoms with Gasteiger partial charge in [0.15, 0.2) is 17.5 Å². The third-order valence-corrected chi connectivity index (χ3v) is 5.75. The van der Waals surface area contributed by atoms with Gasteiger partial charge in [0.1, 0.15) is 11.9 Å². The second-order valence-electron chi connectivity index (χ2n) is 8.27. The van der Waals surface area contributed by atoms with Crippen LogP contribution in [0.2, 0.25) is 5.02 Å². The number of halogens is 2. The van der Waals surface area contributed by atoms with Gasteiger partial charge in [0.05, 0.1) is 11.2 Å². The zero-order valence-electron chi connectivity index (χ0n) is 17.6. The first-order chi connectivity index (χ1) is 14.9. The fraction of sp³-hybridized carbons (Fsp3) is 0.476. The summed E-state index contributed by atoms with van der Waals surface area (Å²) in [5.74, 6) is 0.353. The van der Waals surface area contributed by atoms with Crippen molar-refractivity contribution in [3.63, 3.8) is 0 Å². The number of likely N-dealkylation sites (N-methyl/N-ethyl adjacent to an activating group) is 1. The highest BCUT2D eigenvalue weighted by atomic mass is 35.5. The number of likely N-dealkylation sites (tertiary alicyclic amines) is 1. The molecule has 1 unspecified atom stereocenters. The highest BCUT2D eigenvalue weighted by molar-refractivity contribution is 6.31. The van der Waals surface area contributed by atoms with Crippen LogP contribution in [0.5, 0.6) is 0 Å². The molecular weight excluding hydrogens is 421 g/mol. The number of H-pyrrole nitrogens is 1. The molecule has 8 nitrogen and oxygen atoms in total. The van der Waals surface area contributed by atoms with Crippen LogP contribution >= 0.6 is 11.6 Å². The molecule has 1 saturated heterocycles. The molecule has 0 radical (unpaired) electrons. The van der Waals surface area contributed by atoms with E-state index in [1.54, 1.807) is 18.5 Å². The van der Waals surface area contributed by atoms with Gasteiger partial charge < -0.3 is 20.3 Å². The monoisotopic (exact) mass is 447 g/mol. The Balaban J connectivity index is 1.46. The number of nitrogens with zero attached hydrogens (tertiary/aromatic N) is 5. The highest BCUT2D eigenvalue weighted by Gasteiger charge is 2.25. The molecule has 4 rings (SSSR count). The summed E-state index contributed by atoms with van der Waals surface area (Å²) < 4.78 is 14.4. The number of hydrogen-bond acceptors (Lipinski definition) is 7. The van der Waals surface area contributed by atoms with Crippen LogP contribution < -0.4 is 5.32 Å². The molecule has 4 heterocycles. The summed E-state index contributed by atoms with van der Waals surface area (Å²) in [5, 5.41) is 14.8. The Labute approximate surface area is 185 Å². The normalized spacial score (nSPS) is 18.6. The molecule has 1 aliphatic rings. The maximum absolute atomic E-state index is 14.4. The molecular formula is C21H27ClFN7O. The molecule has 2 atom stereocenters. The van der Waals surface area contributed by atoms with Crippen LogP contribution in [0.15, 0.2) is 24.7 Å². The van der Waals surface area contributed by atoms with E-state index in [0.29, 0.717) is 41.1 Å². The van der Waals surface area contributed by atoms with Crippen molar-refractivity contribution in [3.05, 3.63) is 35.5 Å². The molecule has 1 aliphatic heterocycles. The van der Waals surface area contributed by atoms with E-state index >= 15 is 0 Å². The van der Waals surface area contributed by atoms with Crippen LogP contribution in [-0.2, 0) is 0 Å². The maximum Gasteiger partial charge on any atom is 0.183 e. The molecule has 0 saturated carbocycles. The van der Waals surface area contributed by atoms with Gasteiger partial charge in [0, 0.05) is 49.5 Å². The average molecular weight is 448 g/mol. The average Bonchev–Trinajstić information content (AvgIpc) is 3.16. The Morgan fingerprint density at radius 3 is 3.03 bits per heavy atom. The zero-order valence-corrected chi connectivity index (χ0v) is 18.4. The molecule has 3 aromatic rings. The lowest BCUT2D eigenvalue weighted by molar-refractivity contribution is -0.0333. The van der Waals surface area contributed by atoms with Gasteiger partial charge in [-0.1, -0.05) is 11.6 Å². The van der Waals surface area contributed by atoms with E-state index in [1.165, 1.54) is 6.20 Å². The third kappa shape index (κ3) is 5.12. The van der Waals surface area contributed by atoms with Crippen molar-refractivity contribution in [2.75, 3.05) is 45.6 Å². The Bertz CT molecular complexity index is 1040. The van der Waals surface area contributed by atoms with Gasteiger partial charge in [-0.15, -0.1) is 0 Å². The largest absolute Gasteiger partial charge is 0.377 e. The molecule has 3 N–H and O–H groups in total. The molecule has 166 valence electrons. The number of fused-ring (bicyclic) bond motifs is 1. The summed E-state index contributed by atoms with van der Waals surface area (Å²) in [5.41, 5.74) is 1.38. The van der Waals surface area contributed by atoms with Crippen LogP contribution in [0.1, 0.15) is 12.8 Å². The number of hydrogen-bond donors (Lipinski definition) is 3. The van der Waals surface area contributed by atoms with Crippen LogP contribution in [-0.4, -0.2) is 81.3 Å². The summed E-state index contributed by atoms with van der Waals surface area (Å²) in [4.78, 5) is 19.9. The molecule has 0 amide bonds. The summed E-state index contributed by atoms with van der Waals surface area (Å²) in [7, 11) is 3.89. The quantitative estimate of drug-likeness (QED) is 0.512. The Kier molecular flexibility index (Phi) is 6.66. The lowest BCUT2D eigenvalue weighted by Crippen LogP contribution is -2.48. The van der Waals surface area contributed by atoms with Gasteiger partial charge in [0.2, 0.25) is 0 Å². The van der Waals surface area contributed by atoms with Crippen molar-refractivity contribution < 1.29 is 9.50 Å². The van der Waals surface area contributed by atoms with Crippen LogP contribution in [0.4, 0.5) is 10.2 Å². The van der Waals surface area contributed by atoms with Crippen molar-refractivity contribution in [3.8, 4) is 11.4 Å². The number of nitrogens with one attached hydrogen (secondary N) is 2. The Hall–Kier alpha value is -2.33. The Morgan fingerprint density at radius 1 is 1.39 bits per heavy atom. The van der Waals surface area contributed by atoms with Gasteiger partial charge in [-0.3, -0.25) is 4.90 Å². The first kappa shape index (κ1) is 21.9. The van der Waals surface area contributed by atoms with Gasteiger partial charge in [0.25, 0.3) is 0 Å². The number of aliphatic hydroxyl groups excluding tert-OH is 1. The van der Waals surface area contributed by atoms with E-state index in [-0.39, 0.29) is 5.82 Å². The third-order valence-electron chi connectivity index (χ3n) is 5.54. The second-order valence-corrected chi connectivity index (χ2v) is 8.71. The molecule has 0 bridgehead atoms. The van der Waals surface area contributed by atoms with E-state index < -0.39 is 12.0 Å². The van der Waals surface area contributed by atoms with Gasteiger partial charge in [-0.05, 0) is 38.9 Å². The van der Waals surface area contributed by atoms with Crippen molar-refractivity contribution in [2.24, 2.45) is 5.92 Å². The lowest BCUT2D eigenvalue weighted by Gasteiger charge is -2.36. The van der Waals surface area contributed by atoms with E-state index in [4.69, 9.17) is 11.6 Å². The molecule has 0 spiro atoms. The van der Waals surface area contributed by atoms with Crippen LogP contribution in [0.25, 0.3) is 22.4 Å². The fourth-order valence-corrected chi connectivity index (χ4v) is 4.16. The first-order valence-electron chi connectivity index (χ1n) is 10.4. The molecule has 31 heavy (non-hydrogen) atoms. The molecule has 1 fully saturated rings. The van der Waals surface area contributed by atoms with Crippen LogP contribution in [0.3, 0.4) is 0 Å². The minimum absolute atomic E-state index is 0.167. The van der Waals surface area contributed by atoms with E-state index in [2.05, 4.69) is 30.2 Å². The number of aromatic nitrogens is 4. The van der Waals surface area contributed by atoms with Gasteiger partial charge in [-0.2, -0.15) is 0 Å². The summed E-state index contributed by atoms with van der Waals surface area (Å²) >= 11 is 6.07. The van der Waals surface area contributed by atoms with E-state index in [9.17, 15) is 9.50 Å². The number of pyridine rings is 1. The number of aliphatic hydroxyl groups is 1. The molecule has 10 heteroatoms. The summed E-state index contributed by atoms with van der Waals surface area (Å²) in [6.07, 6.45) is 6.00. The van der Waals surface area contributed by atoms with Gasteiger partial charge in [-0.25, -0.2) is 19.3 Å². The van der Waals surface area contributed by atoms with E-state index in [1.807, 2.05) is 19.0 Å². The van der Waals surface area contributed by atoms with Crippen LogP contribution in [0, 0.1) is 11.7 Å². The Morgan fingerprint density at radius 2 is 2.23 bits per heavy atom. The standard InChI is InChI=1S/C21H27ClFN7O/c1-29(2)12-18(31)30-5-3-4-13(11-30)7-24-21-17(23)10-27-20(28-21)16-9-26-19-15(16)6-14(22)8-25-19/h6,8-10,13,18,31H,3-5,7,11-12H2,1-2H3,(H,25,26)(H,24,27,28)/t13-,18?/m0/s1. The minimum Gasteiger partial charge on any atom is -0.377 e. The number of piperidine rings is 1. The predicted molar refractivity (Wildman–Crippen MR) is 119 cm³/mol. The van der Waals surface area contributed by atoms with Crippen molar-refractivity contribution in [1.29, 1.82) is 0 Å². The van der Waals surface area contributed by atoms with E-state index in [0.717, 1.165) is 31.3 Å². The number of anilines is 1. The smallest absolute Gasteiger partial charge is 0.183 e. The second kappa shape index (κ2) is 9.44. The fourth-order valence-electron chi connectivity index (χ4n) is 4.00. The van der Waals surface area contributed by atoms with Crippen molar-refractivity contribution in [1.82, 2.24) is 29.7 Å². The first-order valence-corrected chi connectivity index (χ1v) is 10.7. The lowest BCUT2D eigenvalue weighted by atomic mass is 9.97. The zero-order chi connectivity index (χ0) is 22.0. The topological polar surface area (TPSA) is 93.2 Å². The molecule has 3 aromatic heterocycles. The summed E-state index contributed by atoms with van der Waals surface area (Å²) in [6, 6.07) is 1.78. The SMILES string of the molecule is CN(C)CC(O)N1CCC[C@@H](CNc2nc(-c3c[nH]c4ncc(Cl)cc34)ncc2F)C1. The minimum atomic E-state index is -0.500.